The van der Waals surface area contributed by atoms with Crippen LogP contribution in [-0.4, -0.2) is 23.7 Å². The Bertz CT molecular complexity index is 1110. The van der Waals surface area contributed by atoms with E-state index in [1.54, 1.807) is 19.2 Å². The first-order chi connectivity index (χ1) is 13.9. The molecular weight excluding hydrogens is 371 g/mol. The number of hydrogen-bond acceptors (Lipinski definition) is 3. The van der Waals surface area contributed by atoms with Gasteiger partial charge in [-0.15, -0.1) is 0 Å². The van der Waals surface area contributed by atoms with E-state index in [1.807, 2.05) is 37.5 Å². The summed E-state index contributed by atoms with van der Waals surface area (Å²) < 4.78 is 22.0. The van der Waals surface area contributed by atoms with E-state index in [4.69, 9.17) is 4.74 Å². The van der Waals surface area contributed by atoms with Crippen LogP contribution in [0.25, 0.3) is 22.2 Å². The number of halogens is 1. The number of carbonyl (C=O) groups is 1. The molecule has 0 spiro atoms. The summed E-state index contributed by atoms with van der Waals surface area (Å²) >= 11 is 0. The van der Waals surface area contributed by atoms with Crippen LogP contribution < -0.4 is 15.4 Å². The van der Waals surface area contributed by atoms with E-state index >= 15 is 0 Å². The molecular formula is C22H23FN4O2. The van der Waals surface area contributed by atoms with Gasteiger partial charge in [0, 0.05) is 29.6 Å². The first kappa shape index (κ1) is 20.2. The van der Waals surface area contributed by atoms with Crippen molar-refractivity contribution >= 4 is 22.6 Å². The van der Waals surface area contributed by atoms with Gasteiger partial charge in [-0.3, -0.25) is 0 Å². The highest BCUT2D eigenvalue weighted by Gasteiger charge is 2.20. The number of benzene rings is 2. The van der Waals surface area contributed by atoms with Crippen molar-refractivity contribution < 1.29 is 13.9 Å². The molecule has 0 fully saturated rings. The van der Waals surface area contributed by atoms with Crippen LogP contribution in [0.2, 0.25) is 0 Å². The molecule has 0 radical (unpaired) electrons. The number of fused-ring (bicyclic) bond motifs is 1. The van der Waals surface area contributed by atoms with Crippen LogP contribution in [0, 0.1) is 17.1 Å². The molecule has 0 saturated carbocycles. The van der Waals surface area contributed by atoms with Crippen LogP contribution in [0.1, 0.15) is 26.3 Å². The molecule has 0 aliphatic carbocycles. The van der Waals surface area contributed by atoms with Crippen LogP contribution in [-0.2, 0) is 6.54 Å². The van der Waals surface area contributed by atoms with Crippen molar-refractivity contribution in [3.05, 3.63) is 47.8 Å². The normalized spacial score (nSPS) is 10.8. The highest BCUT2D eigenvalue weighted by molar-refractivity contribution is 5.96. The maximum absolute atomic E-state index is 14.7. The second-order valence-corrected chi connectivity index (χ2v) is 6.91. The van der Waals surface area contributed by atoms with Gasteiger partial charge in [0.25, 0.3) is 0 Å². The molecule has 1 heterocycles. The largest absolute Gasteiger partial charge is 0.497 e. The molecule has 2 N–H and O–H groups in total. The summed E-state index contributed by atoms with van der Waals surface area (Å²) in [5.41, 5.74) is 2.59. The van der Waals surface area contributed by atoms with Gasteiger partial charge in [-0.05, 0) is 45.0 Å². The summed E-state index contributed by atoms with van der Waals surface area (Å²) in [5, 5.41) is 15.7. The lowest BCUT2D eigenvalue weighted by Crippen LogP contribution is -2.34. The van der Waals surface area contributed by atoms with Crippen molar-refractivity contribution in [2.24, 2.45) is 0 Å². The molecule has 0 aliphatic heterocycles. The van der Waals surface area contributed by atoms with Crippen LogP contribution in [0.4, 0.5) is 14.9 Å². The molecule has 0 aliphatic rings. The molecule has 1 aromatic heterocycles. The van der Waals surface area contributed by atoms with Gasteiger partial charge in [-0.25, -0.2) is 9.18 Å². The van der Waals surface area contributed by atoms with E-state index in [1.165, 1.54) is 12.1 Å². The summed E-state index contributed by atoms with van der Waals surface area (Å²) in [6.45, 7) is 6.20. The fraction of sp³-hybridized carbons (Fsp3) is 0.273. The molecule has 2 amide bonds. The highest BCUT2D eigenvalue weighted by atomic mass is 19.1. The second kappa shape index (κ2) is 8.23. The molecule has 0 saturated heterocycles. The van der Waals surface area contributed by atoms with Crippen LogP contribution >= 0.6 is 0 Å². The first-order valence-electron chi connectivity index (χ1n) is 9.37. The summed E-state index contributed by atoms with van der Waals surface area (Å²) in [6, 6.07) is 11.8. The molecule has 3 aromatic rings. The van der Waals surface area contributed by atoms with E-state index in [-0.39, 0.29) is 11.7 Å². The van der Waals surface area contributed by atoms with Crippen LogP contribution in [0.3, 0.4) is 0 Å². The number of aromatic nitrogens is 1. The van der Waals surface area contributed by atoms with Crippen molar-refractivity contribution in [2.45, 2.75) is 33.4 Å². The molecule has 6 nitrogen and oxygen atoms in total. The van der Waals surface area contributed by atoms with E-state index in [2.05, 4.69) is 16.7 Å². The van der Waals surface area contributed by atoms with E-state index in [0.29, 0.717) is 29.1 Å². The van der Waals surface area contributed by atoms with Crippen LogP contribution in [0.5, 0.6) is 5.75 Å². The summed E-state index contributed by atoms with van der Waals surface area (Å²) in [7, 11) is 1.59. The van der Waals surface area contributed by atoms with Crippen molar-refractivity contribution in [1.29, 1.82) is 5.26 Å². The molecule has 0 unspecified atom stereocenters. The first-order valence-corrected chi connectivity index (χ1v) is 9.37. The number of urea groups is 1. The number of anilines is 1. The Hall–Kier alpha value is -3.53. The zero-order chi connectivity index (χ0) is 21.1. The SMILES string of the molecule is CCn1c(-c2ccc(NC(=O)NC(C)C)c(F)c2)c(C#N)c2ccc(OC)cc21. The van der Waals surface area contributed by atoms with E-state index in [0.717, 1.165) is 10.9 Å². The number of methoxy groups -OCH3 is 1. The lowest BCUT2D eigenvalue weighted by atomic mass is 10.1. The van der Waals surface area contributed by atoms with Crippen molar-refractivity contribution in [3.63, 3.8) is 0 Å². The molecule has 0 bridgehead atoms. The van der Waals surface area contributed by atoms with Crippen molar-refractivity contribution in [2.75, 3.05) is 12.4 Å². The lowest BCUT2D eigenvalue weighted by Gasteiger charge is -2.13. The minimum absolute atomic E-state index is 0.0622. The number of amides is 2. The fourth-order valence-corrected chi connectivity index (χ4v) is 3.38. The van der Waals surface area contributed by atoms with Gasteiger partial charge in [-0.1, -0.05) is 6.07 Å². The Kier molecular flexibility index (Phi) is 5.74. The Labute approximate surface area is 168 Å². The zero-order valence-electron chi connectivity index (χ0n) is 16.8. The van der Waals surface area contributed by atoms with Gasteiger partial charge >= 0.3 is 6.03 Å². The summed E-state index contributed by atoms with van der Waals surface area (Å²) in [6.07, 6.45) is 0. The third-order valence-electron chi connectivity index (χ3n) is 4.61. The second-order valence-electron chi connectivity index (χ2n) is 6.91. The predicted octanol–water partition coefficient (Wildman–Crippen LogP) is 4.88. The van der Waals surface area contributed by atoms with Crippen LogP contribution in [0.15, 0.2) is 36.4 Å². The summed E-state index contributed by atoms with van der Waals surface area (Å²) in [4.78, 5) is 11.9. The standard InChI is InChI=1S/C22H23FN4O2/c1-5-27-20-11-15(29-4)7-8-16(20)17(12-24)21(27)14-6-9-19(18(23)10-14)26-22(28)25-13(2)3/h6-11,13H,5H2,1-4H3,(H2,25,26,28). The number of rotatable bonds is 5. The van der Waals surface area contributed by atoms with E-state index in [9.17, 15) is 14.4 Å². The average Bonchev–Trinajstić information content (AvgIpc) is 3.01. The van der Waals surface area contributed by atoms with E-state index < -0.39 is 11.8 Å². The van der Waals surface area contributed by atoms with Gasteiger partial charge in [0.05, 0.1) is 29.6 Å². The van der Waals surface area contributed by atoms with Gasteiger partial charge in [-0.2, -0.15) is 5.26 Å². The quantitative estimate of drug-likeness (QED) is 0.647. The zero-order valence-corrected chi connectivity index (χ0v) is 16.8. The molecule has 29 heavy (non-hydrogen) atoms. The van der Waals surface area contributed by atoms with Gasteiger partial charge in [0.1, 0.15) is 17.6 Å². The Balaban J connectivity index is 2.10. The smallest absolute Gasteiger partial charge is 0.319 e. The minimum atomic E-state index is -0.573. The monoisotopic (exact) mass is 394 g/mol. The van der Waals surface area contributed by atoms with Gasteiger partial charge in [0.15, 0.2) is 0 Å². The molecule has 0 atom stereocenters. The average molecular weight is 394 g/mol. The summed E-state index contributed by atoms with van der Waals surface area (Å²) in [5.74, 6) is 0.110. The predicted molar refractivity (Wildman–Crippen MR) is 112 cm³/mol. The number of nitriles is 1. The van der Waals surface area contributed by atoms with Crippen molar-refractivity contribution in [1.82, 2.24) is 9.88 Å². The van der Waals surface area contributed by atoms with Gasteiger partial charge in [0.2, 0.25) is 0 Å². The number of nitrogens with zero attached hydrogens (tertiary/aromatic N) is 2. The fourth-order valence-electron chi connectivity index (χ4n) is 3.38. The number of aryl methyl sites for hydroxylation is 1. The molecule has 7 heteroatoms. The Morgan fingerprint density at radius 1 is 1.28 bits per heavy atom. The Morgan fingerprint density at radius 3 is 2.62 bits per heavy atom. The molecule has 3 rings (SSSR count). The third kappa shape index (κ3) is 3.87. The Morgan fingerprint density at radius 2 is 2.03 bits per heavy atom. The highest BCUT2D eigenvalue weighted by Crippen LogP contribution is 2.36. The number of nitrogens with one attached hydrogen (secondary N) is 2. The number of ether oxygens (including phenoxy) is 1. The third-order valence-corrected chi connectivity index (χ3v) is 4.61. The molecule has 150 valence electrons. The van der Waals surface area contributed by atoms with Crippen molar-refractivity contribution in [3.8, 4) is 23.1 Å². The minimum Gasteiger partial charge on any atom is -0.497 e. The lowest BCUT2D eigenvalue weighted by molar-refractivity contribution is 0.250. The maximum atomic E-state index is 14.7. The molecule has 2 aromatic carbocycles. The van der Waals surface area contributed by atoms with Gasteiger partial charge < -0.3 is 19.9 Å². The number of hydrogen-bond donors (Lipinski definition) is 2. The maximum Gasteiger partial charge on any atom is 0.319 e. The number of carbonyl (C=O) groups excluding carboxylic acids is 1. The topological polar surface area (TPSA) is 79.1 Å².